The molecule has 0 spiro atoms. The Bertz CT molecular complexity index is 1360. The van der Waals surface area contributed by atoms with E-state index in [9.17, 15) is 19.4 Å². The summed E-state index contributed by atoms with van der Waals surface area (Å²) in [7, 11) is 1.29. The molecule has 0 radical (unpaired) electrons. The number of hydrogen-bond acceptors (Lipinski definition) is 6. The number of likely N-dealkylation sites (N-methyl/N-ethyl adjacent to an activating group) is 1. The number of carbonyl (C=O) groups excluding carboxylic acids is 1. The lowest BCUT2D eigenvalue weighted by atomic mass is 10.0. The van der Waals surface area contributed by atoms with Crippen LogP contribution in [0.2, 0.25) is 0 Å². The molecule has 0 aromatic heterocycles. The average Bonchev–Trinajstić information content (AvgIpc) is 3.34. The molecule has 0 saturated carbocycles. The Hall–Kier alpha value is -1.80. The lowest BCUT2D eigenvalue weighted by Gasteiger charge is -2.30. The second-order valence-electron chi connectivity index (χ2n) is 22.0. The van der Waals surface area contributed by atoms with Crippen molar-refractivity contribution < 1.29 is 32.9 Å². The Morgan fingerprint density at radius 3 is 1.24 bits per heavy atom. The molecular formula is C63H119N2O6P. The van der Waals surface area contributed by atoms with Crippen LogP contribution in [0.1, 0.15) is 284 Å². The monoisotopic (exact) mass is 1030 g/mol. The van der Waals surface area contributed by atoms with Crippen LogP contribution in [0.25, 0.3) is 0 Å². The number of aliphatic hydroxyl groups excluding tert-OH is 1. The number of amides is 1. The van der Waals surface area contributed by atoms with Crippen molar-refractivity contribution in [1.82, 2.24) is 5.32 Å². The van der Waals surface area contributed by atoms with Crippen LogP contribution in [0.5, 0.6) is 0 Å². The zero-order valence-electron chi connectivity index (χ0n) is 48.1. The van der Waals surface area contributed by atoms with Gasteiger partial charge in [-0.3, -0.25) is 9.36 Å². The lowest BCUT2D eigenvalue weighted by molar-refractivity contribution is -0.870. The Kier molecular flexibility index (Phi) is 52.7. The fraction of sp³-hybridized carbons (Fsp3) is 0.825. The number of quaternary nitrogens is 1. The SMILES string of the molecule is CC/C=C\C/C=C\C/C=C\C/C=C\C/C=C\CCCCCCCC(=O)NC(COP(=O)([O-])OCC[N+](C)(C)C)C(O)CCCCCCCCCCCCCCCCCCCCCCCCCCCCCCC. The maximum Gasteiger partial charge on any atom is 0.268 e. The van der Waals surface area contributed by atoms with Crippen LogP contribution in [-0.2, 0) is 18.4 Å². The molecule has 0 aromatic rings. The first-order valence-electron chi connectivity index (χ1n) is 30.6. The van der Waals surface area contributed by atoms with Crippen LogP contribution in [-0.4, -0.2) is 68.5 Å². The molecule has 0 aliphatic carbocycles. The smallest absolute Gasteiger partial charge is 0.268 e. The Morgan fingerprint density at radius 1 is 0.500 bits per heavy atom. The van der Waals surface area contributed by atoms with Crippen molar-refractivity contribution in [1.29, 1.82) is 0 Å². The lowest BCUT2D eigenvalue weighted by Crippen LogP contribution is -2.46. The fourth-order valence-corrected chi connectivity index (χ4v) is 9.73. The fourth-order valence-electron chi connectivity index (χ4n) is 9.01. The number of carbonyl (C=O) groups is 1. The highest BCUT2D eigenvalue weighted by Crippen LogP contribution is 2.38. The number of nitrogens with one attached hydrogen (secondary N) is 1. The topological polar surface area (TPSA) is 108 Å². The predicted molar refractivity (Wildman–Crippen MR) is 311 cm³/mol. The van der Waals surface area contributed by atoms with Crippen LogP contribution in [0.4, 0.5) is 0 Å². The standard InChI is InChI=1S/C63H119N2O6P/c1-6-8-10-12-14-16-18-20-22-24-26-28-29-30-31-32-33-34-35-37-38-40-42-44-46-48-50-52-54-56-62(66)61(60-71-72(68,69)70-59-58-65(3,4)5)64-63(67)57-55-53-51-49-47-45-43-41-39-36-27-25-23-21-19-17-15-13-11-9-7-2/h9,11,15,17,21,23,27,36,41,43,61-62,66H,6-8,10,12-14,16,18-20,22,24-26,28-35,37-40,42,44-60H2,1-5H3,(H-,64,67,68,69)/b11-9-,17-15-,23-21-,36-27-,43-41-. The van der Waals surface area contributed by atoms with Crippen molar-refractivity contribution in [3.63, 3.8) is 0 Å². The molecule has 422 valence electrons. The van der Waals surface area contributed by atoms with E-state index in [1.54, 1.807) is 0 Å². The van der Waals surface area contributed by atoms with Crippen molar-refractivity contribution in [2.75, 3.05) is 40.9 Å². The highest BCUT2D eigenvalue weighted by Gasteiger charge is 2.24. The van der Waals surface area contributed by atoms with E-state index in [4.69, 9.17) is 9.05 Å². The summed E-state index contributed by atoms with van der Waals surface area (Å²) in [6.45, 7) is 4.62. The molecule has 0 aliphatic rings. The van der Waals surface area contributed by atoms with Crippen molar-refractivity contribution in [2.45, 2.75) is 296 Å². The van der Waals surface area contributed by atoms with Gasteiger partial charge >= 0.3 is 0 Å². The number of unbranched alkanes of at least 4 members (excludes halogenated alkanes) is 33. The second kappa shape index (κ2) is 54.0. The Morgan fingerprint density at radius 2 is 0.847 bits per heavy atom. The Labute approximate surface area is 447 Å². The highest BCUT2D eigenvalue weighted by atomic mass is 31.2. The molecule has 3 unspecified atom stereocenters. The molecule has 9 heteroatoms. The van der Waals surface area contributed by atoms with E-state index >= 15 is 0 Å². The van der Waals surface area contributed by atoms with E-state index in [-0.39, 0.29) is 19.1 Å². The zero-order valence-corrected chi connectivity index (χ0v) is 49.0. The van der Waals surface area contributed by atoms with Crippen molar-refractivity contribution in [3.05, 3.63) is 60.8 Å². The normalized spacial score (nSPS) is 14.3. The molecule has 2 N–H and O–H groups in total. The molecule has 72 heavy (non-hydrogen) atoms. The van der Waals surface area contributed by atoms with Gasteiger partial charge in [0.25, 0.3) is 7.82 Å². The maximum absolute atomic E-state index is 13.0. The van der Waals surface area contributed by atoms with Crippen LogP contribution in [0, 0.1) is 0 Å². The van der Waals surface area contributed by atoms with Gasteiger partial charge in [0.2, 0.25) is 5.91 Å². The molecular weight excluding hydrogens is 912 g/mol. The number of allylic oxidation sites excluding steroid dienone is 10. The summed E-state index contributed by atoms with van der Waals surface area (Å²) in [5.41, 5.74) is 0. The zero-order chi connectivity index (χ0) is 52.7. The number of phosphoric acid groups is 1. The van der Waals surface area contributed by atoms with Gasteiger partial charge in [-0.2, -0.15) is 0 Å². The number of phosphoric ester groups is 1. The van der Waals surface area contributed by atoms with E-state index in [0.29, 0.717) is 23.9 Å². The van der Waals surface area contributed by atoms with Crippen LogP contribution < -0.4 is 10.2 Å². The summed E-state index contributed by atoms with van der Waals surface area (Å²) in [6.07, 6.45) is 72.7. The minimum atomic E-state index is -4.59. The van der Waals surface area contributed by atoms with Gasteiger partial charge in [-0.05, 0) is 57.8 Å². The van der Waals surface area contributed by atoms with Gasteiger partial charge in [0.05, 0.1) is 39.9 Å². The van der Waals surface area contributed by atoms with Crippen LogP contribution in [0.3, 0.4) is 0 Å². The van der Waals surface area contributed by atoms with Gasteiger partial charge in [-0.25, -0.2) is 0 Å². The van der Waals surface area contributed by atoms with Gasteiger partial charge in [0.1, 0.15) is 13.2 Å². The summed E-state index contributed by atoms with van der Waals surface area (Å²) >= 11 is 0. The van der Waals surface area contributed by atoms with E-state index in [1.807, 2.05) is 21.1 Å². The number of nitrogens with zero attached hydrogens (tertiary/aromatic N) is 1. The van der Waals surface area contributed by atoms with Crippen LogP contribution in [0.15, 0.2) is 60.8 Å². The molecule has 8 nitrogen and oxygen atoms in total. The highest BCUT2D eigenvalue weighted by molar-refractivity contribution is 7.45. The summed E-state index contributed by atoms with van der Waals surface area (Å²) < 4.78 is 23.4. The predicted octanol–water partition coefficient (Wildman–Crippen LogP) is 18.2. The summed E-state index contributed by atoms with van der Waals surface area (Å²) in [6, 6.07) is -0.816. The van der Waals surface area contributed by atoms with E-state index < -0.39 is 20.0 Å². The van der Waals surface area contributed by atoms with Gasteiger partial charge in [0.15, 0.2) is 0 Å². The first-order chi connectivity index (χ1) is 35.0. The average molecular weight is 1030 g/mol. The minimum absolute atomic E-state index is 0.00578. The number of aliphatic hydroxyl groups is 1. The van der Waals surface area contributed by atoms with Gasteiger partial charge in [0, 0.05) is 6.42 Å². The molecule has 0 aromatic carbocycles. The van der Waals surface area contributed by atoms with Crippen LogP contribution >= 0.6 is 7.82 Å². The maximum atomic E-state index is 13.0. The summed E-state index contributed by atoms with van der Waals surface area (Å²) in [5, 5.41) is 14.0. The van der Waals surface area contributed by atoms with Crippen molar-refractivity contribution in [2.24, 2.45) is 0 Å². The van der Waals surface area contributed by atoms with Crippen molar-refractivity contribution in [3.8, 4) is 0 Å². The second-order valence-corrected chi connectivity index (χ2v) is 23.4. The molecule has 0 heterocycles. The van der Waals surface area contributed by atoms with Gasteiger partial charge < -0.3 is 28.8 Å². The third kappa shape index (κ3) is 55.9. The third-order valence-electron chi connectivity index (χ3n) is 13.8. The molecule has 0 rings (SSSR count). The van der Waals surface area contributed by atoms with Crippen molar-refractivity contribution >= 4 is 13.7 Å². The summed E-state index contributed by atoms with van der Waals surface area (Å²) in [5.74, 6) is -0.182. The third-order valence-corrected chi connectivity index (χ3v) is 14.7. The first kappa shape index (κ1) is 70.2. The molecule has 0 fully saturated rings. The van der Waals surface area contributed by atoms with Gasteiger partial charge in [-0.1, -0.05) is 280 Å². The van der Waals surface area contributed by atoms with E-state index in [1.165, 1.54) is 167 Å². The summed E-state index contributed by atoms with van der Waals surface area (Å²) in [4.78, 5) is 25.6. The quantitative estimate of drug-likeness (QED) is 0.0272. The van der Waals surface area contributed by atoms with E-state index in [2.05, 4.69) is 79.9 Å². The molecule has 0 saturated heterocycles. The van der Waals surface area contributed by atoms with Gasteiger partial charge in [-0.15, -0.1) is 0 Å². The first-order valence-corrected chi connectivity index (χ1v) is 32.1. The van der Waals surface area contributed by atoms with E-state index in [0.717, 1.165) is 89.9 Å². The minimum Gasteiger partial charge on any atom is -0.756 e. The number of hydrogen-bond donors (Lipinski definition) is 2. The molecule has 1 amide bonds. The molecule has 3 atom stereocenters. The molecule has 0 bridgehead atoms. The largest absolute Gasteiger partial charge is 0.756 e. The Balaban J connectivity index is 4.13. The number of rotatable bonds is 56. The molecule has 0 aliphatic heterocycles.